The first kappa shape index (κ1) is 22.8. The zero-order chi connectivity index (χ0) is 19.5. The predicted molar refractivity (Wildman–Crippen MR) is 119 cm³/mol. The lowest BCUT2D eigenvalue weighted by molar-refractivity contribution is -0.0411. The molecule has 0 aromatic rings. The van der Waals surface area contributed by atoms with Crippen molar-refractivity contribution >= 4 is 8.80 Å². The highest BCUT2D eigenvalue weighted by Crippen LogP contribution is 2.35. The Morgan fingerprint density at radius 3 is 1.29 bits per heavy atom. The van der Waals surface area contributed by atoms with Crippen molar-refractivity contribution in [1.82, 2.24) is 0 Å². The number of hydrogen-bond acceptors (Lipinski definition) is 3. The van der Waals surface area contributed by atoms with Crippen LogP contribution >= 0.6 is 0 Å². The van der Waals surface area contributed by atoms with Gasteiger partial charge in [-0.1, -0.05) is 84.0 Å². The predicted octanol–water partition coefficient (Wildman–Crippen LogP) is 7.55. The quantitative estimate of drug-likeness (QED) is 0.260. The minimum Gasteiger partial charge on any atom is -0.370 e. The number of hydrogen-bond donors (Lipinski definition) is 0. The fourth-order valence-corrected chi connectivity index (χ4v) is 8.77. The summed E-state index contributed by atoms with van der Waals surface area (Å²) in [6.45, 7) is 2.29. The van der Waals surface area contributed by atoms with Crippen LogP contribution in [0.5, 0.6) is 0 Å². The molecule has 0 radical (unpaired) electrons. The highest BCUT2D eigenvalue weighted by molar-refractivity contribution is 6.60. The van der Waals surface area contributed by atoms with Gasteiger partial charge in [0.25, 0.3) is 0 Å². The zero-order valence-corrected chi connectivity index (χ0v) is 19.6. The van der Waals surface area contributed by atoms with Crippen LogP contribution in [0.3, 0.4) is 0 Å². The van der Waals surface area contributed by atoms with Crippen LogP contribution < -0.4 is 0 Å². The first-order valence-corrected chi connectivity index (χ1v) is 14.8. The van der Waals surface area contributed by atoms with Crippen LogP contribution in [0.4, 0.5) is 0 Å². The van der Waals surface area contributed by atoms with Crippen LogP contribution in [0.25, 0.3) is 0 Å². The van der Waals surface area contributed by atoms with Gasteiger partial charge < -0.3 is 13.3 Å². The van der Waals surface area contributed by atoms with Gasteiger partial charge in [0.2, 0.25) is 0 Å². The number of unbranched alkanes of at least 4 members (excludes halogenated alkanes) is 3. The second-order valence-corrected chi connectivity index (χ2v) is 12.2. The van der Waals surface area contributed by atoms with Crippen LogP contribution in [0, 0.1) is 0 Å². The van der Waals surface area contributed by atoms with Crippen molar-refractivity contribution in [1.29, 1.82) is 0 Å². The van der Waals surface area contributed by atoms with Crippen LogP contribution in [-0.2, 0) is 13.3 Å². The smallest absolute Gasteiger partial charge is 0.370 e. The summed E-state index contributed by atoms with van der Waals surface area (Å²) in [6.07, 6.45) is 25.6. The van der Waals surface area contributed by atoms with E-state index in [-0.39, 0.29) is 0 Å². The van der Waals surface area contributed by atoms with Crippen molar-refractivity contribution in [2.24, 2.45) is 0 Å². The normalized spacial score (nSPS) is 23.9. The maximum absolute atomic E-state index is 6.96. The molecule has 4 heteroatoms. The van der Waals surface area contributed by atoms with Gasteiger partial charge in [-0.05, 0) is 44.9 Å². The molecule has 3 fully saturated rings. The van der Waals surface area contributed by atoms with Crippen molar-refractivity contribution in [2.45, 2.75) is 153 Å². The molecule has 3 aliphatic carbocycles. The second-order valence-electron chi connectivity index (χ2n) is 9.63. The molecule has 0 saturated heterocycles. The lowest BCUT2D eigenvalue weighted by Crippen LogP contribution is -2.53. The molecule has 3 rings (SSSR count). The Morgan fingerprint density at radius 1 is 0.536 bits per heavy atom. The van der Waals surface area contributed by atoms with Gasteiger partial charge in [0.05, 0.1) is 0 Å². The standard InChI is InChI=1S/C24H46O3Si/c1-2-3-4-14-21-28(25-22-15-8-5-9-16-22,26-23-17-10-6-11-18-23)27-24-19-12-7-13-20-24/h22-24H,2-21H2,1H3. The fourth-order valence-electron chi connectivity index (χ4n) is 5.34. The third-order valence-corrected chi connectivity index (χ3v) is 10.1. The molecule has 3 nitrogen and oxygen atoms in total. The topological polar surface area (TPSA) is 27.7 Å². The van der Waals surface area contributed by atoms with Gasteiger partial charge >= 0.3 is 8.80 Å². The van der Waals surface area contributed by atoms with Gasteiger partial charge in [0, 0.05) is 24.4 Å². The monoisotopic (exact) mass is 410 g/mol. The Kier molecular flexibility index (Phi) is 10.3. The average Bonchev–Trinajstić information content (AvgIpc) is 2.73. The summed E-state index contributed by atoms with van der Waals surface area (Å²) in [7, 11) is -2.61. The minimum atomic E-state index is -2.61. The third kappa shape index (κ3) is 7.74. The molecule has 164 valence electrons. The van der Waals surface area contributed by atoms with E-state index in [4.69, 9.17) is 13.3 Å². The molecule has 0 spiro atoms. The second kappa shape index (κ2) is 12.7. The van der Waals surface area contributed by atoms with E-state index in [0.717, 1.165) is 6.04 Å². The van der Waals surface area contributed by atoms with Gasteiger partial charge in [-0.3, -0.25) is 0 Å². The molecule has 3 saturated carbocycles. The summed E-state index contributed by atoms with van der Waals surface area (Å²) in [4.78, 5) is 0. The SMILES string of the molecule is CCCCCC[Si](OC1CCCCC1)(OC1CCCCC1)OC1CCCCC1. The van der Waals surface area contributed by atoms with Crippen molar-refractivity contribution in [3.05, 3.63) is 0 Å². The van der Waals surface area contributed by atoms with E-state index in [1.807, 2.05) is 0 Å². The van der Waals surface area contributed by atoms with Crippen LogP contribution in [0.2, 0.25) is 6.04 Å². The Morgan fingerprint density at radius 2 is 0.929 bits per heavy atom. The molecule has 0 N–H and O–H groups in total. The summed E-state index contributed by atoms with van der Waals surface area (Å²) in [6, 6.07) is 1.05. The molecule has 0 atom stereocenters. The minimum absolute atomic E-state index is 0.388. The largest absolute Gasteiger partial charge is 0.501 e. The summed E-state index contributed by atoms with van der Waals surface area (Å²) >= 11 is 0. The summed E-state index contributed by atoms with van der Waals surface area (Å²) in [5.74, 6) is 0. The Hall–Kier alpha value is 0.0969. The van der Waals surface area contributed by atoms with E-state index in [1.54, 1.807) is 0 Å². The van der Waals surface area contributed by atoms with E-state index in [9.17, 15) is 0 Å². The molecule has 0 aromatic carbocycles. The Bertz CT molecular complexity index is 348. The molecule has 0 aliphatic heterocycles. The van der Waals surface area contributed by atoms with E-state index < -0.39 is 8.80 Å². The third-order valence-electron chi connectivity index (χ3n) is 7.03. The molecule has 28 heavy (non-hydrogen) atoms. The zero-order valence-electron chi connectivity index (χ0n) is 18.6. The fraction of sp³-hybridized carbons (Fsp3) is 1.00. The van der Waals surface area contributed by atoms with Crippen LogP contribution in [-0.4, -0.2) is 27.1 Å². The molecule has 3 aliphatic rings. The first-order chi connectivity index (χ1) is 13.8. The van der Waals surface area contributed by atoms with Crippen LogP contribution in [0.15, 0.2) is 0 Å². The van der Waals surface area contributed by atoms with Crippen molar-refractivity contribution in [3.63, 3.8) is 0 Å². The van der Waals surface area contributed by atoms with Gasteiger partial charge in [-0.2, -0.15) is 0 Å². The van der Waals surface area contributed by atoms with Crippen molar-refractivity contribution < 1.29 is 13.3 Å². The van der Waals surface area contributed by atoms with Gasteiger partial charge in [0.1, 0.15) is 0 Å². The average molecular weight is 411 g/mol. The molecule has 0 amide bonds. The Balaban J connectivity index is 1.70. The Labute approximate surface area is 175 Å². The summed E-state index contributed by atoms with van der Waals surface area (Å²) in [5.41, 5.74) is 0. The summed E-state index contributed by atoms with van der Waals surface area (Å²) < 4.78 is 20.9. The maximum atomic E-state index is 6.96. The molecule has 0 bridgehead atoms. The first-order valence-electron chi connectivity index (χ1n) is 12.8. The van der Waals surface area contributed by atoms with E-state index >= 15 is 0 Å². The van der Waals surface area contributed by atoms with Crippen molar-refractivity contribution in [3.8, 4) is 0 Å². The van der Waals surface area contributed by atoms with Crippen LogP contribution in [0.1, 0.15) is 129 Å². The molecular formula is C24H46O3Si. The van der Waals surface area contributed by atoms with Crippen molar-refractivity contribution in [2.75, 3.05) is 0 Å². The number of rotatable bonds is 11. The van der Waals surface area contributed by atoms with E-state index in [1.165, 1.54) is 122 Å². The van der Waals surface area contributed by atoms with E-state index in [0.29, 0.717) is 18.3 Å². The van der Waals surface area contributed by atoms with Gasteiger partial charge in [-0.25, -0.2) is 0 Å². The van der Waals surface area contributed by atoms with Gasteiger partial charge in [-0.15, -0.1) is 0 Å². The molecule has 0 unspecified atom stereocenters. The lowest BCUT2D eigenvalue weighted by atomic mass is 9.98. The molecule has 0 aromatic heterocycles. The molecular weight excluding hydrogens is 364 g/mol. The molecule has 0 heterocycles. The van der Waals surface area contributed by atoms with Gasteiger partial charge in [0.15, 0.2) is 0 Å². The van der Waals surface area contributed by atoms with E-state index in [2.05, 4.69) is 6.92 Å². The highest BCUT2D eigenvalue weighted by atomic mass is 28.4. The lowest BCUT2D eigenvalue weighted by Gasteiger charge is -2.41. The summed E-state index contributed by atoms with van der Waals surface area (Å²) in [5, 5.41) is 0. The highest BCUT2D eigenvalue weighted by Gasteiger charge is 2.47. The maximum Gasteiger partial charge on any atom is 0.501 e.